The van der Waals surface area contributed by atoms with E-state index < -0.39 is 12.0 Å². The van der Waals surface area contributed by atoms with Gasteiger partial charge in [-0.1, -0.05) is 30.3 Å². The van der Waals surface area contributed by atoms with Crippen LogP contribution < -0.4 is 0 Å². The lowest BCUT2D eigenvalue weighted by molar-refractivity contribution is -0.144. The number of carbonyl (C=O) groups excluding carboxylic acids is 1. The molecule has 1 amide bonds. The summed E-state index contributed by atoms with van der Waals surface area (Å²) in [6.07, 6.45) is 0.412. The molecule has 1 fully saturated rings. The molecule has 1 aromatic rings. The van der Waals surface area contributed by atoms with Crippen LogP contribution in [0.1, 0.15) is 12.5 Å². The van der Waals surface area contributed by atoms with Crippen molar-refractivity contribution in [2.24, 2.45) is 0 Å². The summed E-state index contributed by atoms with van der Waals surface area (Å²) in [6, 6.07) is 9.19. The molecule has 1 aliphatic rings. The van der Waals surface area contributed by atoms with Gasteiger partial charge in [0.2, 0.25) is 5.91 Å². The monoisotopic (exact) mass is 276 g/mol. The van der Waals surface area contributed by atoms with Crippen LogP contribution >= 0.6 is 0 Å². The predicted octanol–water partition coefficient (Wildman–Crippen LogP) is 0.846. The summed E-state index contributed by atoms with van der Waals surface area (Å²) in [5.74, 6) is -0.701. The molecule has 5 nitrogen and oxygen atoms in total. The molecule has 5 heteroatoms. The number of carboxylic acids is 1. The van der Waals surface area contributed by atoms with Gasteiger partial charge in [0.05, 0.1) is 6.42 Å². The van der Waals surface area contributed by atoms with Gasteiger partial charge in [0.25, 0.3) is 0 Å². The molecular formula is C15H20N2O3. The van der Waals surface area contributed by atoms with Gasteiger partial charge in [0.1, 0.15) is 6.04 Å². The molecule has 20 heavy (non-hydrogen) atoms. The highest BCUT2D eigenvalue weighted by Crippen LogP contribution is 2.09. The molecule has 108 valence electrons. The van der Waals surface area contributed by atoms with Crippen molar-refractivity contribution in [2.75, 3.05) is 26.2 Å². The zero-order valence-electron chi connectivity index (χ0n) is 11.7. The summed E-state index contributed by atoms with van der Waals surface area (Å²) >= 11 is 0. The summed E-state index contributed by atoms with van der Waals surface area (Å²) in [6.45, 7) is 4.12. The Kier molecular flexibility index (Phi) is 4.74. The third kappa shape index (κ3) is 3.57. The van der Waals surface area contributed by atoms with Gasteiger partial charge >= 0.3 is 5.97 Å². The highest BCUT2D eigenvalue weighted by atomic mass is 16.4. The molecule has 1 unspecified atom stereocenters. The zero-order chi connectivity index (χ0) is 14.5. The van der Waals surface area contributed by atoms with Crippen LogP contribution in [0.25, 0.3) is 0 Å². The number of hydrogen-bond donors (Lipinski definition) is 1. The Morgan fingerprint density at radius 1 is 1.15 bits per heavy atom. The smallest absolute Gasteiger partial charge is 0.320 e. The third-order valence-electron chi connectivity index (χ3n) is 3.77. The molecule has 1 aromatic carbocycles. The Morgan fingerprint density at radius 2 is 1.75 bits per heavy atom. The topological polar surface area (TPSA) is 60.9 Å². The van der Waals surface area contributed by atoms with Gasteiger partial charge in [-0.25, -0.2) is 0 Å². The second-order valence-corrected chi connectivity index (χ2v) is 5.09. The Hall–Kier alpha value is -1.88. The van der Waals surface area contributed by atoms with E-state index in [1.807, 2.05) is 40.1 Å². The van der Waals surface area contributed by atoms with Crippen molar-refractivity contribution >= 4 is 11.9 Å². The SMILES string of the molecule is CC(C(=O)O)N1CCN(C(=O)Cc2ccccc2)CC1. The summed E-state index contributed by atoms with van der Waals surface area (Å²) in [5.41, 5.74) is 1.01. The largest absolute Gasteiger partial charge is 0.480 e. The first-order chi connectivity index (χ1) is 9.58. The first kappa shape index (κ1) is 14.5. The Morgan fingerprint density at radius 3 is 2.30 bits per heavy atom. The number of rotatable bonds is 4. The Labute approximate surface area is 118 Å². The maximum atomic E-state index is 12.2. The molecule has 0 bridgehead atoms. The van der Waals surface area contributed by atoms with Crippen LogP contribution in [-0.2, 0) is 16.0 Å². The lowest BCUT2D eigenvalue weighted by Crippen LogP contribution is -2.53. The molecule has 0 spiro atoms. The number of hydrogen-bond acceptors (Lipinski definition) is 3. The maximum Gasteiger partial charge on any atom is 0.320 e. The number of carbonyl (C=O) groups is 2. The maximum absolute atomic E-state index is 12.2. The van der Waals surface area contributed by atoms with E-state index in [4.69, 9.17) is 5.11 Å². The van der Waals surface area contributed by atoms with E-state index in [1.165, 1.54) is 0 Å². The van der Waals surface area contributed by atoms with Crippen LogP contribution in [0.5, 0.6) is 0 Å². The fourth-order valence-electron chi connectivity index (χ4n) is 2.40. The molecule has 1 aliphatic heterocycles. The molecular weight excluding hydrogens is 256 g/mol. The lowest BCUT2D eigenvalue weighted by Gasteiger charge is -2.36. The van der Waals surface area contributed by atoms with Crippen LogP contribution in [-0.4, -0.2) is 59.0 Å². The first-order valence-corrected chi connectivity index (χ1v) is 6.86. The summed E-state index contributed by atoms with van der Waals surface area (Å²) in [5, 5.41) is 8.98. The normalized spacial score (nSPS) is 17.8. The van der Waals surface area contributed by atoms with Crippen LogP contribution in [0.3, 0.4) is 0 Å². The number of benzene rings is 1. The van der Waals surface area contributed by atoms with Gasteiger partial charge in [0.15, 0.2) is 0 Å². The van der Waals surface area contributed by atoms with E-state index in [0.29, 0.717) is 32.6 Å². The molecule has 1 N–H and O–H groups in total. The van der Waals surface area contributed by atoms with Gasteiger partial charge in [-0.05, 0) is 12.5 Å². The molecule has 1 heterocycles. The van der Waals surface area contributed by atoms with Crippen molar-refractivity contribution in [3.8, 4) is 0 Å². The molecule has 0 aliphatic carbocycles. The van der Waals surface area contributed by atoms with E-state index in [-0.39, 0.29) is 5.91 Å². The van der Waals surface area contributed by atoms with Crippen LogP contribution in [0.15, 0.2) is 30.3 Å². The predicted molar refractivity (Wildman–Crippen MR) is 75.4 cm³/mol. The van der Waals surface area contributed by atoms with Crippen molar-refractivity contribution in [3.63, 3.8) is 0 Å². The average molecular weight is 276 g/mol. The van der Waals surface area contributed by atoms with Crippen molar-refractivity contribution in [1.82, 2.24) is 9.80 Å². The minimum absolute atomic E-state index is 0.110. The summed E-state index contributed by atoms with van der Waals surface area (Å²) in [4.78, 5) is 26.8. The Balaban J connectivity index is 1.84. The highest BCUT2D eigenvalue weighted by Gasteiger charge is 2.26. The van der Waals surface area contributed by atoms with Crippen LogP contribution in [0.4, 0.5) is 0 Å². The third-order valence-corrected chi connectivity index (χ3v) is 3.77. The quantitative estimate of drug-likeness (QED) is 0.885. The molecule has 0 saturated carbocycles. The highest BCUT2D eigenvalue weighted by molar-refractivity contribution is 5.79. The van der Waals surface area contributed by atoms with Gasteiger partial charge in [-0.15, -0.1) is 0 Å². The fourth-order valence-corrected chi connectivity index (χ4v) is 2.40. The number of aliphatic carboxylic acids is 1. The molecule has 1 atom stereocenters. The van der Waals surface area contributed by atoms with Crippen molar-refractivity contribution in [2.45, 2.75) is 19.4 Å². The van der Waals surface area contributed by atoms with E-state index >= 15 is 0 Å². The Bertz CT molecular complexity index is 467. The van der Waals surface area contributed by atoms with Gasteiger partial charge in [-0.3, -0.25) is 14.5 Å². The number of piperazine rings is 1. The summed E-state index contributed by atoms with van der Waals surface area (Å²) in [7, 11) is 0. The van der Waals surface area contributed by atoms with E-state index in [1.54, 1.807) is 6.92 Å². The van der Waals surface area contributed by atoms with Crippen LogP contribution in [0.2, 0.25) is 0 Å². The minimum atomic E-state index is -0.811. The minimum Gasteiger partial charge on any atom is -0.480 e. The molecule has 0 aromatic heterocycles. The van der Waals surface area contributed by atoms with Gasteiger partial charge < -0.3 is 10.0 Å². The lowest BCUT2D eigenvalue weighted by atomic mass is 10.1. The first-order valence-electron chi connectivity index (χ1n) is 6.86. The number of carboxylic acid groups (broad SMARTS) is 1. The van der Waals surface area contributed by atoms with Crippen molar-refractivity contribution in [3.05, 3.63) is 35.9 Å². The fraction of sp³-hybridized carbons (Fsp3) is 0.467. The van der Waals surface area contributed by atoms with E-state index in [9.17, 15) is 9.59 Å². The van der Waals surface area contributed by atoms with E-state index in [0.717, 1.165) is 5.56 Å². The molecule has 0 radical (unpaired) electrons. The second-order valence-electron chi connectivity index (χ2n) is 5.09. The molecule has 2 rings (SSSR count). The van der Waals surface area contributed by atoms with Crippen molar-refractivity contribution in [1.29, 1.82) is 0 Å². The molecule has 1 saturated heterocycles. The average Bonchev–Trinajstić information content (AvgIpc) is 2.47. The van der Waals surface area contributed by atoms with Gasteiger partial charge in [-0.2, -0.15) is 0 Å². The number of nitrogens with zero attached hydrogens (tertiary/aromatic N) is 2. The van der Waals surface area contributed by atoms with Crippen molar-refractivity contribution < 1.29 is 14.7 Å². The second kappa shape index (κ2) is 6.52. The zero-order valence-corrected chi connectivity index (χ0v) is 11.7. The summed E-state index contributed by atoms with van der Waals surface area (Å²) < 4.78 is 0. The van der Waals surface area contributed by atoms with E-state index in [2.05, 4.69) is 0 Å². The van der Waals surface area contributed by atoms with Crippen LogP contribution in [0, 0.1) is 0 Å². The standard InChI is InChI=1S/C15H20N2O3/c1-12(15(19)20)16-7-9-17(10-8-16)14(18)11-13-5-3-2-4-6-13/h2-6,12H,7-11H2,1H3,(H,19,20). The van der Waals surface area contributed by atoms with Gasteiger partial charge in [0, 0.05) is 26.2 Å². The number of amides is 1.